The van der Waals surface area contributed by atoms with E-state index in [2.05, 4.69) is 4.72 Å². The summed E-state index contributed by atoms with van der Waals surface area (Å²) in [7, 11) is -3.95. The lowest BCUT2D eigenvalue weighted by atomic mass is 9.87. The topological polar surface area (TPSA) is 66.5 Å². The summed E-state index contributed by atoms with van der Waals surface area (Å²) in [6, 6.07) is 3.21. The number of hydrogen-bond donors (Lipinski definition) is 1. The standard InChI is InChI=1S/C18H24ClFN2O3S/c19-14-6-7-17(16(20)12-14)26(24,25)21-15-8-10-22(11-9-15)18(23)13-4-2-1-3-5-13/h6-7,12-13,15,21H,1-5,8-11H2. The summed E-state index contributed by atoms with van der Waals surface area (Å²) < 4.78 is 41.3. The number of carbonyl (C=O) groups excluding carboxylic acids is 1. The molecular formula is C18H24ClFN2O3S. The Morgan fingerprint density at radius 3 is 2.38 bits per heavy atom. The maximum Gasteiger partial charge on any atom is 0.243 e. The Hall–Kier alpha value is -1.18. The van der Waals surface area contributed by atoms with Crippen LogP contribution >= 0.6 is 11.6 Å². The molecule has 1 saturated carbocycles. The van der Waals surface area contributed by atoms with Crippen molar-refractivity contribution < 1.29 is 17.6 Å². The molecule has 0 atom stereocenters. The van der Waals surface area contributed by atoms with Gasteiger partial charge in [0.1, 0.15) is 10.7 Å². The predicted octanol–water partition coefficient (Wildman–Crippen LogP) is 3.33. The predicted molar refractivity (Wildman–Crippen MR) is 97.9 cm³/mol. The number of amides is 1. The number of carbonyl (C=O) groups is 1. The minimum Gasteiger partial charge on any atom is -0.342 e. The molecule has 0 bridgehead atoms. The molecule has 1 aliphatic heterocycles. The fourth-order valence-electron chi connectivity index (χ4n) is 3.80. The van der Waals surface area contributed by atoms with E-state index in [0.29, 0.717) is 25.9 Å². The van der Waals surface area contributed by atoms with Crippen LogP contribution in [0.25, 0.3) is 0 Å². The molecular weight excluding hydrogens is 379 g/mol. The summed E-state index contributed by atoms with van der Waals surface area (Å²) in [5.74, 6) is -0.537. The first kappa shape index (κ1) is 19.6. The van der Waals surface area contributed by atoms with Crippen LogP contribution in [0.3, 0.4) is 0 Å². The summed E-state index contributed by atoms with van der Waals surface area (Å²) in [6.07, 6.45) is 6.41. The summed E-state index contributed by atoms with van der Waals surface area (Å²) >= 11 is 5.68. The molecule has 1 amide bonds. The third-order valence-electron chi connectivity index (χ3n) is 5.27. The van der Waals surface area contributed by atoms with Crippen molar-refractivity contribution in [3.8, 4) is 0 Å². The molecule has 8 heteroatoms. The number of nitrogens with one attached hydrogen (secondary N) is 1. The monoisotopic (exact) mass is 402 g/mol. The Morgan fingerprint density at radius 1 is 1.12 bits per heavy atom. The lowest BCUT2D eigenvalue weighted by Gasteiger charge is -2.35. The van der Waals surface area contributed by atoms with Gasteiger partial charge in [0.25, 0.3) is 0 Å². The van der Waals surface area contributed by atoms with Crippen LogP contribution in [0.15, 0.2) is 23.1 Å². The van der Waals surface area contributed by atoms with E-state index in [-0.39, 0.29) is 22.9 Å². The highest BCUT2D eigenvalue weighted by Crippen LogP contribution is 2.27. The molecule has 0 unspecified atom stereocenters. The maximum atomic E-state index is 13.9. The number of sulfonamides is 1. The van der Waals surface area contributed by atoms with Crippen LogP contribution in [-0.2, 0) is 14.8 Å². The Balaban J connectivity index is 1.57. The normalized spacial score (nSPS) is 20.3. The molecule has 0 aromatic heterocycles. The van der Waals surface area contributed by atoms with Crippen molar-refractivity contribution in [1.82, 2.24) is 9.62 Å². The molecule has 2 fully saturated rings. The molecule has 1 aromatic carbocycles. The van der Waals surface area contributed by atoms with Crippen LogP contribution in [0.4, 0.5) is 4.39 Å². The Labute approximate surface area is 158 Å². The molecule has 3 rings (SSSR count). The van der Waals surface area contributed by atoms with Crippen molar-refractivity contribution in [1.29, 1.82) is 0 Å². The maximum absolute atomic E-state index is 13.9. The molecule has 0 spiro atoms. The van der Waals surface area contributed by atoms with Crippen LogP contribution in [0, 0.1) is 11.7 Å². The van der Waals surface area contributed by atoms with E-state index in [0.717, 1.165) is 31.7 Å². The lowest BCUT2D eigenvalue weighted by molar-refractivity contribution is -0.137. The first-order valence-electron chi connectivity index (χ1n) is 9.13. The van der Waals surface area contributed by atoms with Gasteiger partial charge in [0.15, 0.2) is 0 Å². The van der Waals surface area contributed by atoms with E-state index in [1.807, 2.05) is 4.90 Å². The second kappa shape index (κ2) is 8.23. The number of halogens is 2. The van der Waals surface area contributed by atoms with Gasteiger partial charge in [0.2, 0.25) is 15.9 Å². The second-order valence-electron chi connectivity index (χ2n) is 7.13. The van der Waals surface area contributed by atoms with Crippen LogP contribution < -0.4 is 4.72 Å². The van der Waals surface area contributed by atoms with E-state index in [1.54, 1.807) is 0 Å². The van der Waals surface area contributed by atoms with E-state index < -0.39 is 20.7 Å². The summed E-state index contributed by atoms with van der Waals surface area (Å²) in [5, 5.41) is 0.149. The third-order valence-corrected chi connectivity index (χ3v) is 7.06. The Morgan fingerprint density at radius 2 is 1.77 bits per heavy atom. The largest absolute Gasteiger partial charge is 0.342 e. The fraction of sp³-hybridized carbons (Fsp3) is 0.611. The number of hydrogen-bond acceptors (Lipinski definition) is 3. The quantitative estimate of drug-likeness (QED) is 0.840. The van der Waals surface area contributed by atoms with Gasteiger partial charge in [-0.25, -0.2) is 17.5 Å². The van der Waals surface area contributed by atoms with Crippen LogP contribution in [-0.4, -0.2) is 38.4 Å². The van der Waals surface area contributed by atoms with Crippen molar-refractivity contribution in [3.05, 3.63) is 29.0 Å². The van der Waals surface area contributed by atoms with Crippen LogP contribution in [0.2, 0.25) is 5.02 Å². The van der Waals surface area contributed by atoms with Crippen LogP contribution in [0.5, 0.6) is 0 Å². The van der Waals surface area contributed by atoms with Gasteiger partial charge in [-0.2, -0.15) is 0 Å². The van der Waals surface area contributed by atoms with Gasteiger partial charge in [-0.05, 0) is 43.9 Å². The first-order valence-corrected chi connectivity index (χ1v) is 11.0. The zero-order valence-corrected chi connectivity index (χ0v) is 16.2. The summed E-state index contributed by atoms with van der Waals surface area (Å²) in [5.41, 5.74) is 0. The van der Waals surface area contributed by atoms with Crippen molar-refractivity contribution in [2.24, 2.45) is 5.92 Å². The minimum atomic E-state index is -3.95. The zero-order chi connectivity index (χ0) is 18.7. The highest BCUT2D eigenvalue weighted by Gasteiger charge is 2.31. The van der Waals surface area contributed by atoms with Gasteiger partial charge >= 0.3 is 0 Å². The van der Waals surface area contributed by atoms with Gasteiger partial charge in [-0.1, -0.05) is 30.9 Å². The van der Waals surface area contributed by atoms with E-state index in [1.165, 1.54) is 18.6 Å². The van der Waals surface area contributed by atoms with Gasteiger partial charge in [0, 0.05) is 30.1 Å². The van der Waals surface area contributed by atoms with E-state index in [9.17, 15) is 17.6 Å². The van der Waals surface area contributed by atoms with Gasteiger partial charge in [0.05, 0.1) is 0 Å². The molecule has 2 aliphatic rings. The third kappa shape index (κ3) is 4.56. The molecule has 1 heterocycles. The molecule has 0 radical (unpaired) electrons. The number of nitrogens with zero attached hydrogens (tertiary/aromatic N) is 1. The van der Waals surface area contributed by atoms with Crippen molar-refractivity contribution in [2.45, 2.75) is 55.9 Å². The average molecular weight is 403 g/mol. The van der Waals surface area contributed by atoms with E-state index >= 15 is 0 Å². The lowest BCUT2D eigenvalue weighted by Crippen LogP contribution is -2.48. The van der Waals surface area contributed by atoms with Crippen molar-refractivity contribution >= 4 is 27.5 Å². The number of rotatable bonds is 4. The SMILES string of the molecule is O=C(C1CCCCC1)N1CCC(NS(=O)(=O)c2ccc(Cl)cc2F)CC1. The van der Waals surface area contributed by atoms with Crippen LogP contribution in [0.1, 0.15) is 44.9 Å². The van der Waals surface area contributed by atoms with Gasteiger partial charge < -0.3 is 4.90 Å². The number of piperidine rings is 1. The summed E-state index contributed by atoms with van der Waals surface area (Å²) in [4.78, 5) is 14.0. The fourth-order valence-corrected chi connectivity index (χ4v) is 5.32. The molecule has 1 saturated heterocycles. The minimum absolute atomic E-state index is 0.125. The highest BCUT2D eigenvalue weighted by molar-refractivity contribution is 7.89. The zero-order valence-electron chi connectivity index (χ0n) is 14.6. The highest BCUT2D eigenvalue weighted by atomic mass is 35.5. The van der Waals surface area contributed by atoms with Gasteiger partial charge in [-0.15, -0.1) is 0 Å². The molecule has 1 aromatic rings. The second-order valence-corrected chi connectivity index (χ2v) is 9.25. The van der Waals surface area contributed by atoms with Crippen molar-refractivity contribution in [2.75, 3.05) is 13.1 Å². The molecule has 5 nitrogen and oxygen atoms in total. The molecule has 1 aliphatic carbocycles. The Kier molecular flexibility index (Phi) is 6.20. The van der Waals surface area contributed by atoms with Gasteiger partial charge in [-0.3, -0.25) is 4.79 Å². The Bertz CT molecular complexity index is 758. The number of likely N-dealkylation sites (tertiary alicyclic amines) is 1. The smallest absolute Gasteiger partial charge is 0.243 e. The van der Waals surface area contributed by atoms with Crippen molar-refractivity contribution in [3.63, 3.8) is 0 Å². The number of benzene rings is 1. The molecule has 144 valence electrons. The molecule has 1 N–H and O–H groups in total. The summed E-state index contributed by atoms with van der Waals surface area (Å²) in [6.45, 7) is 1.07. The van der Waals surface area contributed by atoms with E-state index in [4.69, 9.17) is 11.6 Å². The molecule has 26 heavy (non-hydrogen) atoms. The first-order chi connectivity index (χ1) is 12.4. The average Bonchev–Trinajstić information content (AvgIpc) is 2.62.